The Bertz CT molecular complexity index is 416. The molecule has 0 aromatic carbocycles. The molecule has 1 aromatic rings. The molecule has 0 aliphatic carbocycles. The summed E-state index contributed by atoms with van der Waals surface area (Å²) in [5.74, 6) is 0.631. The van der Waals surface area contributed by atoms with Crippen LogP contribution >= 0.6 is 11.6 Å². The van der Waals surface area contributed by atoms with Gasteiger partial charge in [0.05, 0.1) is 5.02 Å². The number of pyridine rings is 1. The second-order valence-electron chi connectivity index (χ2n) is 4.06. The van der Waals surface area contributed by atoms with Crippen LogP contribution in [0.25, 0.3) is 0 Å². The number of anilines is 1. The standard InChI is InChI=1S/C12H16ClN3O/c1-2-14-10-6-5-9(13)11(15-10)12(17)16-7-3-4-8-16/h5-6H,2-4,7-8H2,1H3,(H,14,15). The molecule has 0 radical (unpaired) electrons. The van der Waals surface area contributed by atoms with Gasteiger partial charge in [-0.15, -0.1) is 0 Å². The van der Waals surface area contributed by atoms with E-state index < -0.39 is 0 Å². The molecular formula is C12H16ClN3O. The predicted octanol–water partition coefficient (Wildman–Crippen LogP) is 2.40. The topological polar surface area (TPSA) is 45.2 Å². The molecule has 1 N–H and O–H groups in total. The van der Waals surface area contributed by atoms with E-state index in [0.29, 0.717) is 16.5 Å². The van der Waals surface area contributed by atoms with Gasteiger partial charge in [0, 0.05) is 19.6 Å². The third kappa shape index (κ3) is 2.69. The number of carbonyl (C=O) groups is 1. The number of hydrogen-bond acceptors (Lipinski definition) is 3. The van der Waals surface area contributed by atoms with Gasteiger partial charge in [0.1, 0.15) is 11.5 Å². The summed E-state index contributed by atoms with van der Waals surface area (Å²) >= 11 is 6.03. The zero-order chi connectivity index (χ0) is 12.3. The van der Waals surface area contributed by atoms with Crippen molar-refractivity contribution in [3.63, 3.8) is 0 Å². The van der Waals surface area contributed by atoms with E-state index in [0.717, 1.165) is 32.5 Å². The number of rotatable bonds is 3. The van der Waals surface area contributed by atoms with Crippen LogP contribution in [0.15, 0.2) is 12.1 Å². The third-order valence-corrected chi connectivity index (χ3v) is 3.10. The van der Waals surface area contributed by atoms with Crippen molar-refractivity contribution in [3.05, 3.63) is 22.8 Å². The highest BCUT2D eigenvalue weighted by Crippen LogP contribution is 2.20. The maximum Gasteiger partial charge on any atom is 0.274 e. The molecular weight excluding hydrogens is 238 g/mol. The summed E-state index contributed by atoms with van der Waals surface area (Å²) in [6.07, 6.45) is 2.13. The van der Waals surface area contributed by atoms with Crippen LogP contribution in [0.5, 0.6) is 0 Å². The SMILES string of the molecule is CCNc1ccc(Cl)c(C(=O)N2CCCC2)n1. The zero-order valence-electron chi connectivity index (χ0n) is 9.87. The van der Waals surface area contributed by atoms with E-state index in [4.69, 9.17) is 11.6 Å². The molecule has 1 aromatic heterocycles. The molecule has 0 spiro atoms. The van der Waals surface area contributed by atoms with Crippen molar-refractivity contribution in [2.45, 2.75) is 19.8 Å². The lowest BCUT2D eigenvalue weighted by molar-refractivity contribution is 0.0787. The van der Waals surface area contributed by atoms with E-state index in [9.17, 15) is 4.79 Å². The average Bonchev–Trinajstić information content (AvgIpc) is 2.85. The average molecular weight is 254 g/mol. The van der Waals surface area contributed by atoms with Crippen LogP contribution in [0, 0.1) is 0 Å². The van der Waals surface area contributed by atoms with Gasteiger partial charge >= 0.3 is 0 Å². The number of halogens is 1. The second kappa shape index (κ2) is 5.36. The highest BCUT2D eigenvalue weighted by atomic mass is 35.5. The molecule has 1 aliphatic heterocycles. The van der Waals surface area contributed by atoms with E-state index in [-0.39, 0.29) is 5.91 Å². The first-order valence-electron chi connectivity index (χ1n) is 5.92. The number of amides is 1. The van der Waals surface area contributed by atoms with Crippen LogP contribution in [0.4, 0.5) is 5.82 Å². The minimum absolute atomic E-state index is 0.0627. The molecule has 0 unspecified atom stereocenters. The number of hydrogen-bond donors (Lipinski definition) is 1. The van der Waals surface area contributed by atoms with Gasteiger partial charge in [-0.3, -0.25) is 4.79 Å². The quantitative estimate of drug-likeness (QED) is 0.900. The van der Waals surface area contributed by atoms with Gasteiger partial charge < -0.3 is 10.2 Å². The normalized spacial score (nSPS) is 15.1. The van der Waals surface area contributed by atoms with Crippen molar-refractivity contribution in [2.75, 3.05) is 25.0 Å². The van der Waals surface area contributed by atoms with Gasteiger partial charge in [-0.25, -0.2) is 4.98 Å². The first-order valence-corrected chi connectivity index (χ1v) is 6.30. The van der Waals surface area contributed by atoms with E-state index >= 15 is 0 Å². The molecule has 1 amide bonds. The fraction of sp³-hybridized carbons (Fsp3) is 0.500. The zero-order valence-corrected chi connectivity index (χ0v) is 10.6. The number of nitrogens with one attached hydrogen (secondary N) is 1. The van der Waals surface area contributed by atoms with Crippen LogP contribution in [-0.2, 0) is 0 Å². The van der Waals surface area contributed by atoms with Gasteiger partial charge in [-0.1, -0.05) is 11.6 Å². The molecule has 2 rings (SSSR count). The van der Waals surface area contributed by atoms with E-state index in [1.165, 1.54) is 0 Å². The minimum Gasteiger partial charge on any atom is -0.370 e. The largest absolute Gasteiger partial charge is 0.370 e. The van der Waals surface area contributed by atoms with Crippen LogP contribution in [-0.4, -0.2) is 35.4 Å². The molecule has 4 nitrogen and oxygen atoms in total. The number of carbonyl (C=O) groups excluding carboxylic acids is 1. The predicted molar refractivity (Wildman–Crippen MR) is 68.5 cm³/mol. The molecule has 1 aliphatic rings. The Labute approximate surface area is 106 Å². The molecule has 1 saturated heterocycles. The Morgan fingerprint density at radius 1 is 1.47 bits per heavy atom. The maximum absolute atomic E-state index is 12.2. The first kappa shape index (κ1) is 12.2. The monoisotopic (exact) mass is 253 g/mol. The molecule has 1 fully saturated rings. The summed E-state index contributed by atoms with van der Waals surface area (Å²) in [6, 6.07) is 3.50. The minimum atomic E-state index is -0.0627. The fourth-order valence-electron chi connectivity index (χ4n) is 1.94. The molecule has 2 heterocycles. The molecule has 92 valence electrons. The summed E-state index contributed by atoms with van der Waals surface area (Å²) in [6.45, 7) is 4.37. The van der Waals surface area contributed by atoms with Crippen molar-refractivity contribution in [1.82, 2.24) is 9.88 Å². The number of nitrogens with zero attached hydrogens (tertiary/aromatic N) is 2. The number of likely N-dealkylation sites (tertiary alicyclic amines) is 1. The highest BCUT2D eigenvalue weighted by molar-refractivity contribution is 6.33. The van der Waals surface area contributed by atoms with Crippen LogP contribution < -0.4 is 5.32 Å². The van der Waals surface area contributed by atoms with Crippen molar-refractivity contribution in [2.24, 2.45) is 0 Å². The lowest BCUT2D eigenvalue weighted by Crippen LogP contribution is -2.28. The Morgan fingerprint density at radius 2 is 2.18 bits per heavy atom. The lowest BCUT2D eigenvalue weighted by atomic mass is 10.3. The second-order valence-corrected chi connectivity index (χ2v) is 4.46. The Hall–Kier alpha value is -1.29. The Balaban J connectivity index is 2.23. The lowest BCUT2D eigenvalue weighted by Gasteiger charge is -2.16. The van der Waals surface area contributed by atoms with Crippen molar-refractivity contribution < 1.29 is 4.79 Å². The van der Waals surface area contributed by atoms with Crippen molar-refractivity contribution in [1.29, 1.82) is 0 Å². The van der Waals surface area contributed by atoms with Crippen molar-refractivity contribution >= 4 is 23.3 Å². The summed E-state index contributed by atoms with van der Waals surface area (Å²) in [4.78, 5) is 18.3. The van der Waals surface area contributed by atoms with Gasteiger partial charge in [0.25, 0.3) is 5.91 Å². The van der Waals surface area contributed by atoms with Gasteiger partial charge in [0.15, 0.2) is 0 Å². The van der Waals surface area contributed by atoms with Gasteiger partial charge in [-0.2, -0.15) is 0 Å². The third-order valence-electron chi connectivity index (χ3n) is 2.80. The molecule has 5 heteroatoms. The van der Waals surface area contributed by atoms with Crippen LogP contribution in [0.3, 0.4) is 0 Å². The van der Waals surface area contributed by atoms with E-state index in [1.807, 2.05) is 11.8 Å². The van der Waals surface area contributed by atoms with Gasteiger partial charge in [-0.05, 0) is 31.9 Å². The molecule has 0 bridgehead atoms. The molecule has 0 atom stereocenters. The summed E-state index contributed by atoms with van der Waals surface area (Å²) < 4.78 is 0. The van der Waals surface area contributed by atoms with Gasteiger partial charge in [0.2, 0.25) is 0 Å². The smallest absolute Gasteiger partial charge is 0.274 e. The molecule has 17 heavy (non-hydrogen) atoms. The Kier molecular flexibility index (Phi) is 3.84. The molecule has 0 saturated carbocycles. The summed E-state index contributed by atoms with van der Waals surface area (Å²) in [5, 5.41) is 3.50. The van der Waals surface area contributed by atoms with Crippen LogP contribution in [0.2, 0.25) is 5.02 Å². The fourth-order valence-corrected chi connectivity index (χ4v) is 2.13. The van der Waals surface area contributed by atoms with E-state index in [2.05, 4.69) is 10.3 Å². The first-order chi connectivity index (χ1) is 8.22. The summed E-state index contributed by atoms with van der Waals surface area (Å²) in [5.41, 5.74) is 0.354. The van der Waals surface area contributed by atoms with E-state index in [1.54, 1.807) is 12.1 Å². The Morgan fingerprint density at radius 3 is 2.82 bits per heavy atom. The van der Waals surface area contributed by atoms with Crippen LogP contribution in [0.1, 0.15) is 30.3 Å². The maximum atomic E-state index is 12.2. The van der Waals surface area contributed by atoms with Crippen molar-refractivity contribution in [3.8, 4) is 0 Å². The highest BCUT2D eigenvalue weighted by Gasteiger charge is 2.22. The number of aromatic nitrogens is 1. The summed E-state index contributed by atoms with van der Waals surface area (Å²) in [7, 11) is 0.